The Labute approximate surface area is 170 Å². The van der Waals surface area contributed by atoms with Crippen molar-refractivity contribution in [3.05, 3.63) is 77.3 Å². The number of phenols is 2. The van der Waals surface area contributed by atoms with Crippen LogP contribution >= 0.6 is 11.6 Å². The highest BCUT2D eigenvalue weighted by molar-refractivity contribution is 6.31. The molecule has 144 valence electrons. The first kappa shape index (κ1) is 18.6. The van der Waals surface area contributed by atoms with Crippen LogP contribution in [0.1, 0.15) is 5.56 Å². The second kappa shape index (κ2) is 7.73. The van der Waals surface area contributed by atoms with Gasteiger partial charge in [-0.3, -0.25) is 4.99 Å². The lowest BCUT2D eigenvalue weighted by molar-refractivity contribution is 0.459. The van der Waals surface area contributed by atoms with Crippen LogP contribution in [0.25, 0.3) is 10.9 Å². The molecule has 0 unspecified atom stereocenters. The molecule has 0 saturated carbocycles. The van der Waals surface area contributed by atoms with Gasteiger partial charge in [-0.15, -0.1) is 0 Å². The Morgan fingerprint density at radius 3 is 2.69 bits per heavy atom. The Bertz CT molecular complexity index is 1250. The number of nitrogens with zero attached hydrogens (tertiary/aromatic N) is 3. The van der Waals surface area contributed by atoms with Gasteiger partial charge in [0.05, 0.1) is 16.2 Å². The summed E-state index contributed by atoms with van der Waals surface area (Å²) in [5.41, 5.74) is 2.24. The largest absolute Gasteiger partial charge is 0.508 e. The summed E-state index contributed by atoms with van der Waals surface area (Å²) in [6, 6.07) is 13.8. The average Bonchev–Trinajstić information content (AvgIpc) is 2.72. The van der Waals surface area contributed by atoms with E-state index in [0.717, 1.165) is 0 Å². The number of nitrogens with one attached hydrogen (secondary N) is 1. The lowest BCUT2D eigenvalue weighted by Gasteiger charge is -2.09. The minimum atomic E-state index is -0.503. The van der Waals surface area contributed by atoms with Gasteiger partial charge >= 0.3 is 0 Å². The zero-order valence-electron chi connectivity index (χ0n) is 14.8. The van der Waals surface area contributed by atoms with Gasteiger partial charge in [0, 0.05) is 22.9 Å². The maximum atomic E-state index is 13.4. The third kappa shape index (κ3) is 4.09. The minimum Gasteiger partial charge on any atom is -0.508 e. The molecule has 0 spiro atoms. The fourth-order valence-corrected chi connectivity index (χ4v) is 2.91. The number of hydrogen-bond donors (Lipinski definition) is 3. The molecule has 1 heterocycles. The van der Waals surface area contributed by atoms with Crippen LogP contribution in [-0.4, -0.2) is 26.4 Å². The number of rotatable bonds is 4. The fraction of sp³-hybridized carbons (Fsp3) is 0. The maximum Gasteiger partial charge on any atom is 0.141 e. The summed E-state index contributed by atoms with van der Waals surface area (Å²) in [7, 11) is 0. The quantitative estimate of drug-likeness (QED) is 0.313. The van der Waals surface area contributed by atoms with Crippen molar-refractivity contribution in [2.45, 2.75) is 0 Å². The zero-order chi connectivity index (χ0) is 20.4. The molecule has 0 fully saturated rings. The van der Waals surface area contributed by atoms with Crippen molar-refractivity contribution in [1.29, 1.82) is 0 Å². The predicted molar refractivity (Wildman–Crippen MR) is 111 cm³/mol. The van der Waals surface area contributed by atoms with Gasteiger partial charge in [0.15, 0.2) is 0 Å². The lowest BCUT2D eigenvalue weighted by atomic mass is 10.2. The van der Waals surface area contributed by atoms with Gasteiger partial charge in [0.2, 0.25) is 0 Å². The summed E-state index contributed by atoms with van der Waals surface area (Å²) >= 11 is 5.84. The van der Waals surface area contributed by atoms with Crippen molar-refractivity contribution in [2.75, 3.05) is 5.32 Å². The number of benzene rings is 3. The highest BCUT2D eigenvalue weighted by Gasteiger charge is 2.07. The van der Waals surface area contributed by atoms with Gasteiger partial charge in [-0.1, -0.05) is 11.6 Å². The molecule has 3 N–H and O–H groups in total. The number of anilines is 2. The monoisotopic (exact) mass is 408 g/mol. The molecule has 4 rings (SSSR count). The van der Waals surface area contributed by atoms with Crippen molar-refractivity contribution in [1.82, 2.24) is 9.97 Å². The smallest absolute Gasteiger partial charge is 0.141 e. The molecule has 0 atom stereocenters. The molecule has 0 amide bonds. The van der Waals surface area contributed by atoms with Gasteiger partial charge in [0.1, 0.15) is 29.5 Å². The average molecular weight is 409 g/mol. The number of fused-ring (bicyclic) bond motifs is 1. The Kier molecular flexibility index (Phi) is 4.97. The summed E-state index contributed by atoms with van der Waals surface area (Å²) in [5.74, 6) is 0.0401. The first-order chi connectivity index (χ1) is 14.0. The van der Waals surface area contributed by atoms with Crippen molar-refractivity contribution in [3.8, 4) is 11.5 Å². The lowest BCUT2D eigenvalue weighted by Crippen LogP contribution is -1.96. The Balaban J connectivity index is 1.69. The Morgan fingerprint density at radius 2 is 1.86 bits per heavy atom. The first-order valence-electron chi connectivity index (χ1n) is 8.52. The van der Waals surface area contributed by atoms with Crippen LogP contribution in [0, 0.1) is 5.82 Å². The molecular weight excluding hydrogens is 395 g/mol. The van der Waals surface area contributed by atoms with E-state index in [2.05, 4.69) is 20.3 Å². The summed E-state index contributed by atoms with van der Waals surface area (Å²) in [6.45, 7) is 0. The van der Waals surface area contributed by atoms with E-state index in [-0.39, 0.29) is 16.5 Å². The second-order valence-corrected chi connectivity index (χ2v) is 6.59. The molecule has 6 nitrogen and oxygen atoms in total. The van der Waals surface area contributed by atoms with E-state index in [9.17, 15) is 14.6 Å². The topological polar surface area (TPSA) is 90.6 Å². The van der Waals surface area contributed by atoms with E-state index in [1.54, 1.807) is 24.3 Å². The summed E-state index contributed by atoms with van der Waals surface area (Å²) in [6.07, 6.45) is 2.87. The van der Waals surface area contributed by atoms with E-state index < -0.39 is 5.82 Å². The van der Waals surface area contributed by atoms with E-state index in [1.165, 1.54) is 42.9 Å². The highest BCUT2D eigenvalue weighted by atomic mass is 35.5. The number of hydrogen-bond acceptors (Lipinski definition) is 6. The molecule has 8 heteroatoms. The van der Waals surface area contributed by atoms with Gasteiger partial charge in [-0.2, -0.15) is 0 Å². The summed E-state index contributed by atoms with van der Waals surface area (Å²) in [5, 5.41) is 23.2. The van der Waals surface area contributed by atoms with Crippen molar-refractivity contribution >= 4 is 45.9 Å². The van der Waals surface area contributed by atoms with Crippen LogP contribution in [0.3, 0.4) is 0 Å². The molecule has 0 radical (unpaired) electrons. The number of halogens is 2. The highest BCUT2D eigenvalue weighted by Crippen LogP contribution is 2.29. The van der Waals surface area contributed by atoms with Crippen LogP contribution < -0.4 is 5.32 Å². The number of aliphatic imine (C=N–C) groups is 1. The molecule has 0 aliphatic rings. The van der Waals surface area contributed by atoms with Gasteiger partial charge in [-0.25, -0.2) is 14.4 Å². The third-order valence-electron chi connectivity index (χ3n) is 4.17. The number of aromatic hydroxyl groups is 2. The second-order valence-electron chi connectivity index (χ2n) is 6.18. The Hall–Kier alpha value is -3.71. The van der Waals surface area contributed by atoms with E-state index >= 15 is 0 Å². The molecule has 4 aromatic rings. The van der Waals surface area contributed by atoms with Gasteiger partial charge < -0.3 is 15.5 Å². The summed E-state index contributed by atoms with van der Waals surface area (Å²) in [4.78, 5) is 12.8. The standard InChI is InChI=1S/C21H14ClFN4O2/c22-17-9-14(1-4-18(17)23)27-21-16-8-13(2-5-19(16)25-11-26-21)24-10-12-7-15(28)3-6-20(12)29/h1-11,28-29H,(H,25,26,27). The van der Waals surface area contributed by atoms with Crippen molar-refractivity contribution in [2.24, 2.45) is 4.99 Å². The molecule has 0 bridgehead atoms. The minimum absolute atomic E-state index is 0.00423. The molecule has 0 aliphatic carbocycles. The Morgan fingerprint density at radius 1 is 1.00 bits per heavy atom. The molecule has 29 heavy (non-hydrogen) atoms. The van der Waals surface area contributed by atoms with Crippen molar-refractivity contribution in [3.63, 3.8) is 0 Å². The van der Waals surface area contributed by atoms with E-state index in [1.807, 2.05) is 0 Å². The fourth-order valence-electron chi connectivity index (χ4n) is 2.72. The van der Waals surface area contributed by atoms with Crippen LogP contribution in [0.4, 0.5) is 21.6 Å². The van der Waals surface area contributed by atoms with Crippen LogP contribution in [0.15, 0.2) is 65.9 Å². The van der Waals surface area contributed by atoms with Crippen LogP contribution in [0.5, 0.6) is 11.5 Å². The predicted octanol–water partition coefficient (Wildman–Crippen LogP) is 5.33. The van der Waals surface area contributed by atoms with Crippen molar-refractivity contribution < 1.29 is 14.6 Å². The van der Waals surface area contributed by atoms with Gasteiger partial charge in [0.25, 0.3) is 0 Å². The molecule has 1 aromatic heterocycles. The van der Waals surface area contributed by atoms with Crippen LogP contribution in [0.2, 0.25) is 5.02 Å². The van der Waals surface area contributed by atoms with E-state index in [4.69, 9.17) is 11.6 Å². The molecule has 0 aliphatic heterocycles. The van der Waals surface area contributed by atoms with Gasteiger partial charge in [-0.05, 0) is 54.6 Å². The summed E-state index contributed by atoms with van der Waals surface area (Å²) < 4.78 is 13.4. The van der Waals surface area contributed by atoms with E-state index in [0.29, 0.717) is 33.7 Å². The molecule has 0 saturated heterocycles. The maximum absolute atomic E-state index is 13.4. The number of aromatic nitrogens is 2. The first-order valence-corrected chi connectivity index (χ1v) is 8.90. The third-order valence-corrected chi connectivity index (χ3v) is 4.45. The van der Waals surface area contributed by atoms with Crippen LogP contribution in [-0.2, 0) is 0 Å². The normalized spacial score (nSPS) is 11.2. The molecular formula is C21H14ClFN4O2. The molecule has 3 aromatic carbocycles. The zero-order valence-corrected chi connectivity index (χ0v) is 15.6. The SMILES string of the molecule is Oc1ccc(O)c(C=Nc2ccc3ncnc(Nc4ccc(F)c(Cl)c4)c3c2)c1. The number of phenolic OH excluding ortho intramolecular Hbond substituents is 2.